The van der Waals surface area contributed by atoms with Crippen molar-refractivity contribution >= 4 is 17.2 Å². The van der Waals surface area contributed by atoms with Crippen LogP contribution in [0.2, 0.25) is 0 Å². The maximum Gasteiger partial charge on any atom is 0.274 e. The molecular formula is C24H25N5O4S. The van der Waals surface area contributed by atoms with Gasteiger partial charge in [-0.2, -0.15) is 16.4 Å². The fourth-order valence-corrected chi connectivity index (χ4v) is 4.55. The normalized spacial score (nSPS) is 12.6. The largest absolute Gasteiger partial charge is 0.496 e. The highest BCUT2D eigenvalue weighted by Crippen LogP contribution is 2.45. The molecule has 0 spiro atoms. The van der Waals surface area contributed by atoms with Crippen molar-refractivity contribution in [3.63, 3.8) is 0 Å². The number of amides is 1. The van der Waals surface area contributed by atoms with Gasteiger partial charge in [-0.15, -0.1) is 0 Å². The van der Waals surface area contributed by atoms with E-state index in [0.717, 1.165) is 22.5 Å². The Morgan fingerprint density at radius 3 is 2.65 bits per heavy atom. The van der Waals surface area contributed by atoms with E-state index < -0.39 is 0 Å². The van der Waals surface area contributed by atoms with Crippen LogP contribution in [-0.2, 0) is 6.61 Å². The Bertz CT molecular complexity index is 1440. The summed E-state index contributed by atoms with van der Waals surface area (Å²) in [5.74, 6) is 1.00. The number of hydrogen-bond donors (Lipinski definition) is 2. The van der Waals surface area contributed by atoms with Gasteiger partial charge >= 0.3 is 0 Å². The number of rotatable bonds is 4. The minimum atomic E-state index is -0.371. The Morgan fingerprint density at radius 1 is 1.24 bits per heavy atom. The lowest BCUT2D eigenvalue weighted by atomic mass is 9.97. The van der Waals surface area contributed by atoms with E-state index in [0.29, 0.717) is 28.5 Å². The summed E-state index contributed by atoms with van der Waals surface area (Å²) in [4.78, 5) is 26.9. The van der Waals surface area contributed by atoms with Crippen LogP contribution in [-0.4, -0.2) is 50.5 Å². The molecule has 0 saturated carbocycles. The molecule has 9 nitrogen and oxygen atoms in total. The molecule has 0 aliphatic carbocycles. The lowest BCUT2D eigenvalue weighted by Crippen LogP contribution is -2.43. The minimum Gasteiger partial charge on any atom is -0.496 e. The topological polar surface area (TPSA) is 105 Å². The van der Waals surface area contributed by atoms with Gasteiger partial charge in [0.05, 0.1) is 24.2 Å². The van der Waals surface area contributed by atoms with Gasteiger partial charge in [0.2, 0.25) is 0 Å². The van der Waals surface area contributed by atoms with Crippen LogP contribution in [0.5, 0.6) is 11.5 Å². The Kier molecular flexibility index (Phi) is 5.12. The third-order valence-corrected chi connectivity index (χ3v) is 6.73. The average molecular weight is 480 g/mol. The standard InChI is InChI=1S/C24H25N5O4S/c1-24(2,3)28(4)23(31)21-16-11-33-19-10-18(32-5)14(17-9-20(30)26-25-17)8-15(19)22(16)29(27-21)13-6-7-34-12-13/h6-10,12H,11H2,1-5H3,(H2,25,26,30). The molecule has 0 atom stereocenters. The first kappa shape index (κ1) is 22.0. The van der Waals surface area contributed by atoms with Gasteiger partial charge in [0.15, 0.2) is 5.69 Å². The minimum absolute atomic E-state index is 0.173. The number of thiophene rings is 1. The predicted octanol–water partition coefficient (Wildman–Crippen LogP) is 4.06. The molecule has 1 amide bonds. The summed E-state index contributed by atoms with van der Waals surface area (Å²) in [7, 11) is 3.35. The Labute approximate surface area is 199 Å². The van der Waals surface area contributed by atoms with Gasteiger partial charge in [-0.25, -0.2) is 4.68 Å². The van der Waals surface area contributed by atoms with Gasteiger partial charge < -0.3 is 14.4 Å². The van der Waals surface area contributed by atoms with E-state index in [1.165, 1.54) is 6.07 Å². The molecule has 0 unspecified atom stereocenters. The van der Waals surface area contributed by atoms with Crippen molar-refractivity contribution in [2.75, 3.05) is 14.2 Å². The van der Waals surface area contributed by atoms with E-state index in [1.54, 1.807) is 41.1 Å². The van der Waals surface area contributed by atoms with Crippen molar-refractivity contribution in [2.24, 2.45) is 0 Å². The van der Waals surface area contributed by atoms with Crippen LogP contribution in [0.3, 0.4) is 0 Å². The molecule has 34 heavy (non-hydrogen) atoms. The first-order valence-corrected chi connectivity index (χ1v) is 11.7. The van der Waals surface area contributed by atoms with Gasteiger partial charge in [0.1, 0.15) is 18.1 Å². The lowest BCUT2D eigenvalue weighted by molar-refractivity contribution is 0.0646. The molecule has 176 valence electrons. The predicted molar refractivity (Wildman–Crippen MR) is 130 cm³/mol. The Hall–Kier alpha value is -3.79. The van der Waals surface area contributed by atoms with Gasteiger partial charge in [-0.3, -0.25) is 19.8 Å². The summed E-state index contributed by atoms with van der Waals surface area (Å²) in [6, 6.07) is 7.13. The molecule has 0 saturated heterocycles. The van der Waals surface area contributed by atoms with Gasteiger partial charge in [-0.1, -0.05) is 0 Å². The van der Waals surface area contributed by atoms with Crippen LogP contribution in [0, 0.1) is 0 Å². The van der Waals surface area contributed by atoms with Crippen LogP contribution < -0.4 is 15.0 Å². The average Bonchev–Trinajstić information content (AvgIpc) is 3.55. The number of nitrogens with zero attached hydrogens (tertiary/aromatic N) is 3. The van der Waals surface area contributed by atoms with Crippen LogP contribution in [0.4, 0.5) is 0 Å². The van der Waals surface area contributed by atoms with Crippen molar-refractivity contribution in [1.29, 1.82) is 0 Å². The zero-order chi connectivity index (χ0) is 24.2. The van der Waals surface area contributed by atoms with Crippen molar-refractivity contribution in [3.05, 3.63) is 56.6 Å². The van der Waals surface area contributed by atoms with E-state index in [2.05, 4.69) is 10.2 Å². The maximum absolute atomic E-state index is 13.5. The fraction of sp³-hybridized carbons (Fsp3) is 0.292. The molecule has 0 bridgehead atoms. The molecule has 4 heterocycles. The summed E-state index contributed by atoms with van der Waals surface area (Å²) >= 11 is 1.55. The first-order chi connectivity index (χ1) is 16.2. The zero-order valence-electron chi connectivity index (χ0n) is 19.6. The number of ether oxygens (including phenoxy) is 2. The smallest absolute Gasteiger partial charge is 0.274 e. The number of aromatic nitrogens is 4. The van der Waals surface area contributed by atoms with Gasteiger partial charge in [0, 0.05) is 46.8 Å². The highest BCUT2D eigenvalue weighted by molar-refractivity contribution is 7.08. The summed E-state index contributed by atoms with van der Waals surface area (Å²) in [5.41, 5.74) is 4.14. The Morgan fingerprint density at radius 2 is 2.03 bits per heavy atom. The fourth-order valence-electron chi connectivity index (χ4n) is 3.94. The number of carbonyl (C=O) groups excluding carboxylic acids is 1. The monoisotopic (exact) mass is 479 g/mol. The molecule has 3 aromatic heterocycles. The third-order valence-electron chi connectivity index (χ3n) is 6.06. The summed E-state index contributed by atoms with van der Waals surface area (Å²) in [5, 5.41) is 14.2. The number of fused-ring (bicyclic) bond motifs is 3. The van der Waals surface area contributed by atoms with Gasteiger partial charge in [-0.05, 0) is 38.3 Å². The molecule has 0 radical (unpaired) electrons. The SMILES string of the molecule is COc1cc2c(cc1-c1cc(=O)[nH][nH]1)-c1c(c(C(=O)N(C)C(C)(C)C)nn1-c1ccsc1)CO2. The van der Waals surface area contributed by atoms with Crippen LogP contribution >= 0.6 is 11.3 Å². The molecule has 10 heteroatoms. The molecule has 4 aromatic rings. The van der Waals surface area contributed by atoms with Crippen molar-refractivity contribution in [3.8, 4) is 39.7 Å². The van der Waals surface area contributed by atoms with Crippen molar-refractivity contribution in [1.82, 2.24) is 24.9 Å². The highest BCUT2D eigenvalue weighted by atomic mass is 32.1. The lowest BCUT2D eigenvalue weighted by Gasteiger charge is -2.31. The first-order valence-electron chi connectivity index (χ1n) is 10.7. The second-order valence-electron chi connectivity index (χ2n) is 9.11. The molecule has 1 aliphatic rings. The number of carbonyl (C=O) groups is 1. The molecule has 0 fully saturated rings. The van der Waals surface area contributed by atoms with Crippen LogP contribution in [0.1, 0.15) is 36.8 Å². The number of methoxy groups -OCH3 is 1. The van der Waals surface area contributed by atoms with Crippen molar-refractivity contribution in [2.45, 2.75) is 32.9 Å². The third kappa shape index (κ3) is 3.50. The highest BCUT2D eigenvalue weighted by Gasteiger charge is 2.34. The molecular weight excluding hydrogens is 454 g/mol. The van der Waals surface area contributed by atoms with Crippen LogP contribution in [0.25, 0.3) is 28.2 Å². The molecule has 5 rings (SSSR count). The second-order valence-corrected chi connectivity index (χ2v) is 9.89. The van der Waals surface area contributed by atoms with E-state index in [4.69, 9.17) is 14.6 Å². The van der Waals surface area contributed by atoms with E-state index in [9.17, 15) is 9.59 Å². The van der Waals surface area contributed by atoms with Crippen molar-refractivity contribution < 1.29 is 14.3 Å². The number of H-pyrrole nitrogens is 2. The van der Waals surface area contributed by atoms with Crippen LogP contribution in [0.15, 0.2) is 39.8 Å². The maximum atomic E-state index is 13.5. The Balaban J connectivity index is 1.76. The molecule has 2 N–H and O–H groups in total. The summed E-state index contributed by atoms with van der Waals surface area (Å²) in [6.07, 6.45) is 0. The summed E-state index contributed by atoms with van der Waals surface area (Å²) < 4.78 is 13.5. The van der Waals surface area contributed by atoms with E-state index in [-0.39, 0.29) is 23.6 Å². The number of nitrogens with one attached hydrogen (secondary N) is 2. The second kappa shape index (κ2) is 7.91. The number of hydrogen-bond acceptors (Lipinski definition) is 6. The van der Waals surface area contributed by atoms with E-state index >= 15 is 0 Å². The van der Waals surface area contributed by atoms with Gasteiger partial charge in [0.25, 0.3) is 11.5 Å². The number of aromatic amines is 2. The number of benzene rings is 1. The summed E-state index contributed by atoms with van der Waals surface area (Å²) in [6.45, 7) is 6.15. The quantitative estimate of drug-likeness (QED) is 0.459. The van der Waals surface area contributed by atoms with E-state index in [1.807, 2.05) is 43.7 Å². The molecule has 1 aromatic carbocycles. The molecule has 1 aliphatic heterocycles. The zero-order valence-corrected chi connectivity index (χ0v) is 20.4.